The van der Waals surface area contributed by atoms with E-state index in [0.717, 1.165) is 29.8 Å². The van der Waals surface area contributed by atoms with Gasteiger partial charge in [0.15, 0.2) is 0 Å². The van der Waals surface area contributed by atoms with Gasteiger partial charge in [-0.15, -0.1) is 0 Å². The fourth-order valence-electron chi connectivity index (χ4n) is 2.55. The SMILES string of the molecule is COc1ccccc1CCNCCC(=O)NCCc1ccc(F)cc1. The van der Waals surface area contributed by atoms with Crippen molar-refractivity contribution >= 4 is 5.91 Å². The number of para-hydroxylation sites is 1. The molecule has 0 radical (unpaired) electrons. The van der Waals surface area contributed by atoms with Crippen molar-refractivity contribution in [2.75, 3.05) is 26.7 Å². The summed E-state index contributed by atoms with van der Waals surface area (Å²) in [6, 6.07) is 14.3. The van der Waals surface area contributed by atoms with E-state index in [0.29, 0.717) is 25.9 Å². The fourth-order valence-corrected chi connectivity index (χ4v) is 2.55. The molecule has 4 nitrogen and oxygen atoms in total. The van der Waals surface area contributed by atoms with Gasteiger partial charge >= 0.3 is 0 Å². The highest BCUT2D eigenvalue weighted by Crippen LogP contribution is 2.17. The van der Waals surface area contributed by atoms with Gasteiger partial charge < -0.3 is 15.4 Å². The summed E-state index contributed by atoms with van der Waals surface area (Å²) in [7, 11) is 1.67. The van der Waals surface area contributed by atoms with E-state index in [4.69, 9.17) is 4.74 Å². The lowest BCUT2D eigenvalue weighted by Crippen LogP contribution is -2.29. The molecule has 2 rings (SSSR count). The van der Waals surface area contributed by atoms with Gasteiger partial charge in [0, 0.05) is 19.5 Å². The number of hydrogen-bond donors (Lipinski definition) is 2. The van der Waals surface area contributed by atoms with Gasteiger partial charge in [0.2, 0.25) is 5.91 Å². The van der Waals surface area contributed by atoms with Crippen molar-refractivity contribution in [1.29, 1.82) is 0 Å². The van der Waals surface area contributed by atoms with Gasteiger partial charge in [-0.2, -0.15) is 0 Å². The summed E-state index contributed by atoms with van der Waals surface area (Å²) in [5.74, 6) is 0.668. The van der Waals surface area contributed by atoms with Crippen LogP contribution in [0, 0.1) is 5.82 Å². The van der Waals surface area contributed by atoms with Crippen LogP contribution in [0.3, 0.4) is 0 Å². The second-order valence-electron chi connectivity index (χ2n) is 5.79. The van der Waals surface area contributed by atoms with Crippen LogP contribution in [0.15, 0.2) is 48.5 Å². The van der Waals surface area contributed by atoms with Gasteiger partial charge in [0.1, 0.15) is 11.6 Å². The molecule has 0 spiro atoms. The number of methoxy groups -OCH3 is 1. The Morgan fingerprint density at radius 2 is 1.76 bits per heavy atom. The molecule has 0 aromatic heterocycles. The van der Waals surface area contributed by atoms with Gasteiger partial charge in [0.05, 0.1) is 7.11 Å². The number of ether oxygens (including phenoxy) is 1. The lowest BCUT2D eigenvalue weighted by atomic mass is 10.1. The Balaban J connectivity index is 1.55. The smallest absolute Gasteiger partial charge is 0.221 e. The molecular weight excluding hydrogens is 319 g/mol. The molecule has 0 aliphatic heterocycles. The minimum absolute atomic E-state index is 0.0203. The topological polar surface area (TPSA) is 50.4 Å². The maximum Gasteiger partial charge on any atom is 0.221 e. The van der Waals surface area contributed by atoms with Crippen LogP contribution in [0.1, 0.15) is 17.5 Å². The third-order valence-corrected chi connectivity index (χ3v) is 3.94. The molecule has 0 fully saturated rings. The zero-order valence-electron chi connectivity index (χ0n) is 14.6. The Labute approximate surface area is 148 Å². The zero-order valence-corrected chi connectivity index (χ0v) is 14.6. The summed E-state index contributed by atoms with van der Waals surface area (Å²) in [4.78, 5) is 11.8. The minimum Gasteiger partial charge on any atom is -0.496 e. The van der Waals surface area contributed by atoms with Gasteiger partial charge in [-0.25, -0.2) is 4.39 Å². The Morgan fingerprint density at radius 1 is 1.00 bits per heavy atom. The minimum atomic E-state index is -0.244. The second-order valence-corrected chi connectivity index (χ2v) is 5.79. The van der Waals surface area contributed by atoms with E-state index in [-0.39, 0.29) is 11.7 Å². The van der Waals surface area contributed by atoms with E-state index >= 15 is 0 Å². The number of nitrogens with one attached hydrogen (secondary N) is 2. The summed E-state index contributed by atoms with van der Waals surface area (Å²) < 4.78 is 18.1. The van der Waals surface area contributed by atoms with Gasteiger partial charge in [-0.1, -0.05) is 30.3 Å². The molecule has 134 valence electrons. The predicted octanol–water partition coefficient (Wildman–Crippen LogP) is 2.72. The molecule has 0 aliphatic carbocycles. The molecule has 2 aromatic rings. The van der Waals surface area contributed by atoms with E-state index in [1.165, 1.54) is 12.1 Å². The summed E-state index contributed by atoms with van der Waals surface area (Å²) in [5.41, 5.74) is 2.16. The highest BCUT2D eigenvalue weighted by Gasteiger charge is 2.03. The molecule has 0 aliphatic rings. The Morgan fingerprint density at radius 3 is 2.52 bits per heavy atom. The maximum absolute atomic E-state index is 12.8. The first-order valence-corrected chi connectivity index (χ1v) is 8.53. The molecule has 5 heteroatoms. The molecule has 0 atom stereocenters. The number of carbonyl (C=O) groups excluding carboxylic acids is 1. The van der Waals surface area contributed by atoms with Crippen molar-refractivity contribution in [2.24, 2.45) is 0 Å². The number of rotatable bonds is 10. The van der Waals surface area contributed by atoms with Crippen LogP contribution in [0.4, 0.5) is 4.39 Å². The van der Waals surface area contributed by atoms with Crippen molar-refractivity contribution in [3.05, 3.63) is 65.5 Å². The van der Waals surface area contributed by atoms with Crippen molar-refractivity contribution in [2.45, 2.75) is 19.3 Å². The van der Waals surface area contributed by atoms with Crippen molar-refractivity contribution < 1.29 is 13.9 Å². The summed E-state index contributed by atoms with van der Waals surface area (Å²) in [6.07, 6.45) is 2.00. The molecular formula is C20H25FN2O2. The predicted molar refractivity (Wildman–Crippen MR) is 97.3 cm³/mol. The largest absolute Gasteiger partial charge is 0.496 e. The van der Waals surface area contributed by atoms with Crippen molar-refractivity contribution in [3.63, 3.8) is 0 Å². The summed E-state index contributed by atoms with van der Waals surface area (Å²) in [5, 5.41) is 6.15. The molecule has 0 saturated carbocycles. The van der Waals surface area contributed by atoms with E-state index in [1.807, 2.05) is 24.3 Å². The Bertz CT molecular complexity index is 659. The van der Waals surface area contributed by atoms with E-state index in [2.05, 4.69) is 10.6 Å². The zero-order chi connectivity index (χ0) is 17.9. The molecule has 0 bridgehead atoms. The van der Waals surface area contributed by atoms with Gasteiger partial charge in [-0.05, 0) is 48.7 Å². The quantitative estimate of drug-likeness (QED) is 0.652. The molecule has 25 heavy (non-hydrogen) atoms. The first-order valence-electron chi connectivity index (χ1n) is 8.53. The first kappa shape index (κ1) is 18.9. The number of carbonyl (C=O) groups is 1. The first-order chi connectivity index (χ1) is 12.2. The van der Waals surface area contributed by atoms with Crippen LogP contribution >= 0.6 is 0 Å². The van der Waals surface area contributed by atoms with Crippen LogP contribution < -0.4 is 15.4 Å². The Hall–Kier alpha value is -2.40. The summed E-state index contributed by atoms with van der Waals surface area (Å²) in [6.45, 7) is 1.99. The average Bonchev–Trinajstić information content (AvgIpc) is 2.63. The Kier molecular flexibility index (Phi) is 7.92. The molecule has 2 N–H and O–H groups in total. The number of amides is 1. The van der Waals surface area contributed by atoms with E-state index < -0.39 is 0 Å². The van der Waals surface area contributed by atoms with Crippen molar-refractivity contribution in [3.8, 4) is 5.75 Å². The second kappa shape index (κ2) is 10.5. The lowest BCUT2D eigenvalue weighted by Gasteiger charge is -2.09. The summed E-state index contributed by atoms with van der Waals surface area (Å²) >= 11 is 0. The van der Waals surface area contributed by atoms with Crippen LogP contribution in [0.5, 0.6) is 5.75 Å². The molecule has 2 aromatic carbocycles. The molecule has 0 heterocycles. The number of halogens is 1. The molecule has 0 unspecified atom stereocenters. The van der Waals surface area contributed by atoms with Crippen molar-refractivity contribution in [1.82, 2.24) is 10.6 Å². The van der Waals surface area contributed by atoms with Crippen LogP contribution in [0.25, 0.3) is 0 Å². The molecule has 0 saturated heterocycles. The third kappa shape index (κ3) is 6.93. The normalized spacial score (nSPS) is 10.5. The van der Waals surface area contributed by atoms with Crippen LogP contribution in [-0.2, 0) is 17.6 Å². The standard InChI is InChI=1S/C20H25FN2O2/c1-25-19-5-3-2-4-17(19)11-13-22-14-12-20(24)23-15-10-16-6-8-18(21)9-7-16/h2-9,22H,10-15H2,1H3,(H,23,24). The molecule has 1 amide bonds. The monoisotopic (exact) mass is 344 g/mol. The van der Waals surface area contributed by atoms with Gasteiger partial charge in [-0.3, -0.25) is 4.79 Å². The highest BCUT2D eigenvalue weighted by molar-refractivity contribution is 5.76. The number of benzene rings is 2. The highest BCUT2D eigenvalue weighted by atomic mass is 19.1. The van der Waals surface area contributed by atoms with E-state index in [9.17, 15) is 9.18 Å². The van der Waals surface area contributed by atoms with Crippen LogP contribution in [-0.4, -0.2) is 32.7 Å². The van der Waals surface area contributed by atoms with E-state index in [1.54, 1.807) is 19.2 Å². The third-order valence-electron chi connectivity index (χ3n) is 3.94. The maximum atomic E-state index is 12.8. The average molecular weight is 344 g/mol. The van der Waals surface area contributed by atoms with Crippen LogP contribution in [0.2, 0.25) is 0 Å². The number of hydrogen-bond acceptors (Lipinski definition) is 3. The fraction of sp³-hybridized carbons (Fsp3) is 0.350. The lowest BCUT2D eigenvalue weighted by molar-refractivity contribution is -0.120. The van der Waals surface area contributed by atoms with Gasteiger partial charge in [0.25, 0.3) is 0 Å².